The molecule has 2 heterocycles. The van der Waals surface area contributed by atoms with Crippen molar-refractivity contribution in [2.24, 2.45) is 5.41 Å². The Labute approximate surface area is 313 Å². The minimum atomic E-state index is -1.30. The summed E-state index contributed by atoms with van der Waals surface area (Å²) in [5.74, 6) is -2.03. The number of aromatic nitrogens is 1. The zero-order valence-electron chi connectivity index (χ0n) is 30.0. The van der Waals surface area contributed by atoms with Gasteiger partial charge in [-0.3, -0.25) is 29.1 Å². The van der Waals surface area contributed by atoms with Crippen LogP contribution in [-0.4, -0.2) is 63.8 Å². The number of hydrogen-bond acceptors (Lipinski definition) is 7. The molecule has 278 valence electrons. The predicted molar refractivity (Wildman–Crippen MR) is 202 cm³/mol. The fourth-order valence-corrected chi connectivity index (χ4v) is 7.30. The molecule has 1 saturated heterocycles. The summed E-state index contributed by atoms with van der Waals surface area (Å²) in [4.78, 5) is 73.4. The first-order chi connectivity index (χ1) is 26.1. The van der Waals surface area contributed by atoms with Crippen molar-refractivity contribution < 1.29 is 33.8 Å². The molecule has 54 heavy (non-hydrogen) atoms. The van der Waals surface area contributed by atoms with Gasteiger partial charge in [0, 0.05) is 38.0 Å². The first kappa shape index (κ1) is 37.5. The van der Waals surface area contributed by atoms with E-state index in [2.05, 4.69) is 15.6 Å². The molecule has 3 aromatic carbocycles. The monoisotopic (exact) mass is 729 g/mol. The van der Waals surface area contributed by atoms with Crippen LogP contribution in [0.15, 0.2) is 115 Å². The highest BCUT2D eigenvalue weighted by Gasteiger charge is 2.50. The summed E-state index contributed by atoms with van der Waals surface area (Å²) in [5.41, 5.74) is 1.41. The van der Waals surface area contributed by atoms with Crippen LogP contribution in [0.1, 0.15) is 61.9 Å². The first-order valence-electron chi connectivity index (χ1n) is 18.0. The molecule has 2 fully saturated rings. The molecule has 4 aromatic rings. The van der Waals surface area contributed by atoms with Crippen molar-refractivity contribution in [2.45, 2.75) is 57.7 Å². The zero-order valence-corrected chi connectivity index (χ0v) is 30.0. The van der Waals surface area contributed by atoms with Gasteiger partial charge in [-0.2, -0.15) is 0 Å². The van der Waals surface area contributed by atoms with Crippen LogP contribution in [0.3, 0.4) is 0 Å². The lowest BCUT2D eigenvalue weighted by atomic mass is 9.81. The van der Waals surface area contributed by atoms with Crippen molar-refractivity contribution in [3.63, 3.8) is 0 Å². The number of nitrogens with zero attached hydrogens (tertiary/aromatic N) is 3. The van der Waals surface area contributed by atoms with Crippen LogP contribution < -0.4 is 20.3 Å². The molecule has 0 radical (unpaired) electrons. The van der Waals surface area contributed by atoms with Crippen LogP contribution in [0.2, 0.25) is 0 Å². The van der Waals surface area contributed by atoms with E-state index >= 15 is 0 Å². The number of anilines is 1. The number of carbonyl (C=O) groups excluding carboxylic acids is 4. The van der Waals surface area contributed by atoms with Gasteiger partial charge in [0.2, 0.25) is 11.8 Å². The summed E-state index contributed by atoms with van der Waals surface area (Å²) >= 11 is 0. The lowest BCUT2D eigenvalue weighted by molar-refractivity contribution is -0.138. The largest absolute Gasteiger partial charge is 0.484 e. The number of pyridine rings is 1. The van der Waals surface area contributed by atoms with E-state index in [1.807, 2.05) is 54.6 Å². The van der Waals surface area contributed by atoms with Crippen molar-refractivity contribution in [1.82, 2.24) is 20.5 Å². The van der Waals surface area contributed by atoms with Crippen molar-refractivity contribution in [2.75, 3.05) is 18.1 Å². The van der Waals surface area contributed by atoms with Crippen LogP contribution in [0.4, 0.5) is 5.69 Å². The van der Waals surface area contributed by atoms with Crippen molar-refractivity contribution in [3.8, 4) is 5.75 Å². The fourth-order valence-electron chi connectivity index (χ4n) is 7.30. The van der Waals surface area contributed by atoms with Gasteiger partial charge in [-0.25, -0.2) is 4.79 Å². The molecule has 0 bridgehead atoms. The Kier molecular flexibility index (Phi) is 11.8. The molecule has 12 nitrogen and oxygen atoms in total. The maximum absolute atomic E-state index is 14.5. The Hall–Kier alpha value is -6.30. The Morgan fingerprint density at radius 3 is 2.24 bits per heavy atom. The highest BCUT2D eigenvalue weighted by molar-refractivity contribution is 6.04. The number of carbonyl (C=O) groups is 5. The smallest absolute Gasteiger partial charge is 0.352 e. The van der Waals surface area contributed by atoms with E-state index in [4.69, 9.17) is 4.74 Å². The molecule has 2 atom stereocenters. The van der Waals surface area contributed by atoms with E-state index in [-0.39, 0.29) is 42.4 Å². The third kappa shape index (κ3) is 8.66. The van der Waals surface area contributed by atoms with Gasteiger partial charge in [0.1, 0.15) is 23.7 Å². The highest BCUT2D eigenvalue weighted by atomic mass is 16.5. The lowest BCUT2D eigenvalue weighted by Gasteiger charge is -2.32. The number of nitrogens with one attached hydrogen (secondary N) is 2. The Bertz CT molecular complexity index is 1980. The molecule has 4 amide bonds. The molecule has 3 N–H and O–H groups in total. The standard InChI is InChI=1S/C42H43N5O7/c1-29(48)44-24-22-42(20-8-9-21-42)41(53)45-35(40(51)52)25-30-16-18-33(19-17-30)46-38(32-12-4-2-5-13-32)47(37(49)28-54-34-14-6-3-7-15-34)36(39(46)50)26-31-11-10-23-43-27-31/h2-7,10-19,23,25,27,36,38H,8-9,20-22,24,26,28H2,1H3,(H,44,48)(H,45,53)(H,51,52). The summed E-state index contributed by atoms with van der Waals surface area (Å²) in [6.07, 6.45) is 7.40. The summed E-state index contributed by atoms with van der Waals surface area (Å²) < 4.78 is 5.87. The molecule has 1 aliphatic heterocycles. The van der Waals surface area contributed by atoms with Crippen LogP contribution in [0.25, 0.3) is 6.08 Å². The number of amides is 4. The van der Waals surface area contributed by atoms with Crippen molar-refractivity contribution >= 4 is 41.4 Å². The van der Waals surface area contributed by atoms with Crippen molar-refractivity contribution in [1.29, 1.82) is 0 Å². The Morgan fingerprint density at radius 2 is 1.61 bits per heavy atom. The number of hydrogen-bond donors (Lipinski definition) is 3. The molecule has 1 aliphatic carbocycles. The topological polar surface area (TPSA) is 158 Å². The SMILES string of the molecule is CC(=O)NCCC1(C(=O)NC(=Cc2ccc(N3C(=O)C(Cc4cccnc4)N(C(=O)COc4ccccc4)C3c3ccccc3)cc2)C(=O)O)CCCC1. The zero-order chi connectivity index (χ0) is 38.1. The second-order valence-corrected chi connectivity index (χ2v) is 13.6. The minimum absolute atomic E-state index is 0.191. The Balaban J connectivity index is 1.30. The van der Waals surface area contributed by atoms with Crippen LogP contribution in [0, 0.1) is 5.41 Å². The second-order valence-electron chi connectivity index (χ2n) is 13.6. The molecular weight excluding hydrogens is 686 g/mol. The summed E-state index contributed by atoms with van der Waals surface area (Å²) in [6, 6.07) is 27.8. The summed E-state index contributed by atoms with van der Waals surface area (Å²) in [5, 5.41) is 15.5. The normalized spacial score (nSPS) is 17.9. The molecule has 0 spiro atoms. The van der Waals surface area contributed by atoms with Gasteiger partial charge in [-0.15, -0.1) is 0 Å². The van der Waals surface area contributed by atoms with Gasteiger partial charge in [0.25, 0.3) is 11.8 Å². The van der Waals surface area contributed by atoms with E-state index in [0.717, 1.165) is 18.4 Å². The number of ether oxygens (including phenoxy) is 1. The van der Waals surface area contributed by atoms with Crippen LogP contribution in [-0.2, 0) is 30.4 Å². The number of benzene rings is 3. The van der Waals surface area contributed by atoms with Gasteiger partial charge in [-0.1, -0.05) is 79.6 Å². The van der Waals surface area contributed by atoms with Crippen LogP contribution >= 0.6 is 0 Å². The second kappa shape index (κ2) is 17.0. The molecule has 1 saturated carbocycles. The van der Waals surface area contributed by atoms with E-state index in [9.17, 15) is 29.1 Å². The number of carboxylic acids is 1. The van der Waals surface area contributed by atoms with E-state index in [1.165, 1.54) is 13.0 Å². The third-order valence-electron chi connectivity index (χ3n) is 9.99. The number of carboxylic acid groups (broad SMARTS) is 1. The van der Waals surface area contributed by atoms with Gasteiger partial charge in [0.15, 0.2) is 6.61 Å². The third-order valence-corrected chi connectivity index (χ3v) is 9.99. The Morgan fingerprint density at radius 1 is 0.926 bits per heavy atom. The molecule has 12 heteroatoms. The molecule has 2 unspecified atom stereocenters. The lowest BCUT2D eigenvalue weighted by Crippen LogP contribution is -2.43. The van der Waals surface area contributed by atoms with Gasteiger partial charge in [0.05, 0.1) is 5.41 Å². The maximum atomic E-state index is 14.5. The first-order valence-corrected chi connectivity index (χ1v) is 18.0. The molecule has 2 aliphatic rings. The van der Waals surface area contributed by atoms with E-state index < -0.39 is 23.6 Å². The van der Waals surface area contributed by atoms with Gasteiger partial charge in [-0.05, 0) is 72.4 Å². The average molecular weight is 730 g/mol. The number of aliphatic carboxylic acids is 1. The minimum Gasteiger partial charge on any atom is -0.484 e. The quantitative estimate of drug-likeness (QED) is 0.148. The maximum Gasteiger partial charge on any atom is 0.352 e. The number of rotatable bonds is 14. The van der Waals surface area contributed by atoms with Gasteiger partial charge < -0.3 is 25.4 Å². The van der Waals surface area contributed by atoms with E-state index in [0.29, 0.717) is 48.4 Å². The predicted octanol–water partition coefficient (Wildman–Crippen LogP) is 5.27. The van der Waals surface area contributed by atoms with Crippen LogP contribution in [0.5, 0.6) is 5.75 Å². The average Bonchev–Trinajstić information content (AvgIpc) is 3.78. The van der Waals surface area contributed by atoms with Gasteiger partial charge >= 0.3 is 5.97 Å². The summed E-state index contributed by atoms with van der Waals surface area (Å²) in [7, 11) is 0. The highest BCUT2D eigenvalue weighted by Crippen LogP contribution is 2.42. The molecular formula is C42H43N5O7. The van der Waals surface area contributed by atoms with E-state index in [1.54, 1.807) is 64.7 Å². The number of para-hydroxylation sites is 1. The fraction of sp³-hybridized carbons (Fsp3) is 0.286. The molecule has 6 rings (SSSR count). The molecule has 1 aromatic heterocycles. The summed E-state index contributed by atoms with van der Waals surface area (Å²) in [6.45, 7) is 1.44. The van der Waals surface area contributed by atoms with Crippen molar-refractivity contribution in [3.05, 3.63) is 132 Å².